The van der Waals surface area contributed by atoms with E-state index in [1.807, 2.05) is 47.0 Å². The van der Waals surface area contributed by atoms with Gasteiger partial charge < -0.3 is 4.74 Å². The van der Waals surface area contributed by atoms with Crippen LogP contribution in [0.4, 0.5) is 0 Å². The number of methoxy groups -OCH3 is 1. The molecule has 0 atom stereocenters. The Balaban J connectivity index is 1.79. The lowest BCUT2D eigenvalue weighted by Crippen LogP contribution is -2.01. The van der Waals surface area contributed by atoms with E-state index in [2.05, 4.69) is 41.4 Å². The van der Waals surface area contributed by atoms with Gasteiger partial charge in [-0.2, -0.15) is 0 Å². The monoisotopic (exact) mass is 455 g/mol. The van der Waals surface area contributed by atoms with Gasteiger partial charge in [0, 0.05) is 21.5 Å². The largest absolute Gasteiger partial charge is 0.496 e. The molecule has 0 aliphatic rings. The number of rotatable bonds is 6. The number of para-hydroxylation sites is 1. The fourth-order valence-corrected chi connectivity index (χ4v) is 4.79. The molecule has 0 N–H and O–H groups in total. The summed E-state index contributed by atoms with van der Waals surface area (Å²) in [7, 11) is 1.65. The highest BCUT2D eigenvalue weighted by molar-refractivity contribution is 7.98. The lowest BCUT2D eigenvalue weighted by molar-refractivity contribution is 0.416. The van der Waals surface area contributed by atoms with Crippen LogP contribution in [0.3, 0.4) is 0 Å². The molecule has 0 radical (unpaired) electrons. The van der Waals surface area contributed by atoms with E-state index in [0.717, 1.165) is 27.7 Å². The minimum Gasteiger partial charge on any atom is -0.496 e. The number of nitrogens with zero attached hydrogens (tertiary/aromatic N) is 3. The second-order valence-electron chi connectivity index (χ2n) is 6.67. The molecule has 0 spiro atoms. The van der Waals surface area contributed by atoms with E-state index < -0.39 is 0 Å². The van der Waals surface area contributed by atoms with E-state index in [9.17, 15) is 0 Å². The first-order chi connectivity index (χ1) is 14.6. The van der Waals surface area contributed by atoms with E-state index in [1.54, 1.807) is 7.11 Å². The molecule has 4 rings (SSSR count). The predicted molar refractivity (Wildman–Crippen MR) is 124 cm³/mol. The lowest BCUT2D eigenvalue weighted by Gasteiger charge is -2.13. The number of benzene rings is 3. The molecule has 0 amide bonds. The number of hydrogen-bond donors (Lipinski definition) is 0. The topological polar surface area (TPSA) is 39.9 Å². The molecule has 0 bridgehead atoms. The van der Waals surface area contributed by atoms with Crippen LogP contribution in [0.1, 0.15) is 11.1 Å². The number of hydrogen-bond acceptors (Lipinski definition) is 4. The first-order valence-corrected chi connectivity index (χ1v) is 11.0. The van der Waals surface area contributed by atoms with Gasteiger partial charge >= 0.3 is 0 Å². The molecule has 152 valence electrons. The number of ether oxygens (including phenoxy) is 1. The summed E-state index contributed by atoms with van der Waals surface area (Å²) in [5.41, 5.74) is 3.90. The van der Waals surface area contributed by atoms with Crippen LogP contribution in [0.15, 0.2) is 71.9 Å². The molecule has 4 aromatic rings. The summed E-state index contributed by atoms with van der Waals surface area (Å²) in [5.74, 6) is 2.03. The summed E-state index contributed by atoms with van der Waals surface area (Å²) in [6.07, 6.45) is 0. The van der Waals surface area contributed by atoms with Crippen LogP contribution in [0.25, 0.3) is 17.1 Å². The number of thioether (sulfide) groups is 1. The van der Waals surface area contributed by atoms with Crippen LogP contribution in [-0.2, 0) is 5.75 Å². The first kappa shape index (κ1) is 20.8. The molecule has 0 fully saturated rings. The summed E-state index contributed by atoms with van der Waals surface area (Å²) >= 11 is 14.2. The zero-order valence-corrected chi connectivity index (χ0v) is 18.8. The Morgan fingerprint density at radius 1 is 0.900 bits per heavy atom. The Bertz CT molecular complexity index is 1160. The van der Waals surface area contributed by atoms with Gasteiger partial charge in [0.05, 0.1) is 12.7 Å². The number of aryl methyl sites for hydroxylation is 1. The predicted octanol–water partition coefficient (Wildman–Crippen LogP) is 6.85. The number of halogens is 2. The van der Waals surface area contributed by atoms with Crippen LogP contribution in [0.2, 0.25) is 10.0 Å². The van der Waals surface area contributed by atoms with Crippen LogP contribution in [0.5, 0.6) is 5.75 Å². The first-order valence-electron chi connectivity index (χ1n) is 9.30. The van der Waals surface area contributed by atoms with Gasteiger partial charge in [-0.3, -0.25) is 4.57 Å². The Morgan fingerprint density at radius 2 is 1.60 bits per heavy atom. The maximum Gasteiger partial charge on any atom is 0.196 e. The van der Waals surface area contributed by atoms with Crippen molar-refractivity contribution in [2.75, 3.05) is 7.11 Å². The summed E-state index contributed by atoms with van der Waals surface area (Å²) in [5, 5.41) is 11.0. The zero-order valence-electron chi connectivity index (χ0n) is 16.5. The normalized spacial score (nSPS) is 10.9. The molecular formula is C23H19Cl2N3OS. The minimum atomic E-state index is 0.578. The van der Waals surface area contributed by atoms with Crippen molar-refractivity contribution >= 4 is 35.0 Å². The summed E-state index contributed by atoms with van der Waals surface area (Å²) in [6, 6.07) is 21.6. The van der Waals surface area contributed by atoms with Crippen molar-refractivity contribution in [3.8, 4) is 22.8 Å². The Labute approximate surface area is 189 Å². The molecule has 0 aliphatic carbocycles. The highest BCUT2D eigenvalue weighted by atomic mass is 35.5. The van der Waals surface area contributed by atoms with Gasteiger partial charge in [0.15, 0.2) is 11.0 Å². The molecule has 0 aliphatic heterocycles. The van der Waals surface area contributed by atoms with Gasteiger partial charge in [0.2, 0.25) is 0 Å². The summed E-state index contributed by atoms with van der Waals surface area (Å²) in [6.45, 7) is 2.06. The van der Waals surface area contributed by atoms with E-state index in [4.69, 9.17) is 27.9 Å². The highest BCUT2D eigenvalue weighted by Crippen LogP contribution is 2.36. The Morgan fingerprint density at radius 3 is 2.30 bits per heavy atom. The second kappa shape index (κ2) is 9.13. The van der Waals surface area contributed by atoms with Gasteiger partial charge in [-0.15, -0.1) is 10.2 Å². The Hall–Kier alpha value is -2.47. The SMILES string of the molecule is COc1ccccc1-c1nnc(SCc2c(Cl)cccc2Cl)n1-c1ccc(C)cc1. The molecule has 1 heterocycles. The van der Waals surface area contributed by atoms with Gasteiger partial charge in [-0.1, -0.05) is 70.9 Å². The van der Waals surface area contributed by atoms with Gasteiger partial charge in [0.25, 0.3) is 0 Å². The van der Waals surface area contributed by atoms with Crippen LogP contribution < -0.4 is 4.74 Å². The number of aromatic nitrogens is 3. The Kier molecular flexibility index (Phi) is 6.32. The van der Waals surface area contributed by atoms with Crippen molar-refractivity contribution in [3.05, 3.63) is 87.9 Å². The average molecular weight is 456 g/mol. The smallest absolute Gasteiger partial charge is 0.196 e. The van der Waals surface area contributed by atoms with Crippen LogP contribution in [-0.4, -0.2) is 21.9 Å². The zero-order chi connectivity index (χ0) is 21.1. The molecule has 7 heteroatoms. The van der Waals surface area contributed by atoms with Crippen molar-refractivity contribution < 1.29 is 4.74 Å². The average Bonchev–Trinajstić information content (AvgIpc) is 3.17. The van der Waals surface area contributed by atoms with Crippen molar-refractivity contribution in [1.29, 1.82) is 0 Å². The van der Waals surface area contributed by atoms with Crippen LogP contribution >= 0.6 is 35.0 Å². The van der Waals surface area contributed by atoms with Gasteiger partial charge in [0.1, 0.15) is 5.75 Å². The van der Waals surface area contributed by atoms with Crippen LogP contribution in [0, 0.1) is 6.92 Å². The summed E-state index contributed by atoms with van der Waals surface area (Å²) < 4.78 is 7.59. The lowest BCUT2D eigenvalue weighted by atomic mass is 10.1. The van der Waals surface area contributed by atoms with E-state index in [0.29, 0.717) is 21.6 Å². The molecule has 0 saturated carbocycles. The quantitative estimate of drug-likeness (QED) is 0.298. The maximum absolute atomic E-state index is 6.35. The highest BCUT2D eigenvalue weighted by Gasteiger charge is 2.19. The fourth-order valence-electron chi connectivity index (χ4n) is 3.10. The molecule has 0 saturated heterocycles. The third-order valence-corrected chi connectivity index (χ3v) is 6.34. The fraction of sp³-hybridized carbons (Fsp3) is 0.130. The van der Waals surface area contributed by atoms with Gasteiger partial charge in [-0.25, -0.2) is 0 Å². The van der Waals surface area contributed by atoms with Crippen molar-refractivity contribution in [2.24, 2.45) is 0 Å². The van der Waals surface area contributed by atoms with Crippen molar-refractivity contribution in [3.63, 3.8) is 0 Å². The molecule has 0 unspecified atom stereocenters. The standard InChI is InChI=1S/C23H19Cl2N3OS/c1-15-10-12-16(13-11-15)28-22(17-6-3-4-9-21(17)29-2)26-27-23(28)30-14-18-19(24)7-5-8-20(18)25/h3-13H,14H2,1-2H3. The molecule has 4 nitrogen and oxygen atoms in total. The van der Waals surface area contributed by atoms with E-state index >= 15 is 0 Å². The second-order valence-corrected chi connectivity index (χ2v) is 8.42. The third-order valence-electron chi connectivity index (χ3n) is 4.68. The minimum absolute atomic E-state index is 0.578. The third kappa shape index (κ3) is 4.19. The molecular weight excluding hydrogens is 437 g/mol. The maximum atomic E-state index is 6.35. The summed E-state index contributed by atoms with van der Waals surface area (Å²) in [4.78, 5) is 0. The molecule has 1 aromatic heterocycles. The van der Waals surface area contributed by atoms with E-state index in [-0.39, 0.29) is 0 Å². The van der Waals surface area contributed by atoms with Crippen molar-refractivity contribution in [2.45, 2.75) is 17.8 Å². The molecule has 30 heavy (non-hydrogen) atoms. The van der Waals surface area contributed by atoms with E-state index in [1.165, 1.54) is 17.3 Å². The molecule has 3 aromatic carbocycles. The van der Waals surface area contributed by atoms with Crippen molar-refractivity contribution in [1.82, 2.24) is 14.8 Å². The van der Waals surface area contributed by atoms with Gasteiger partial charge in [-0.05, 0) is 48.9 Å².